The fourth-order valence-electron chi connectivity index (χ4n) is 2.52. The lowest BCUT2D eigenvalue weighted by Crippen LogP contribution is -2.30. The van der Waals surface area contributed by atoms with Gasteiger partial charge in [0.2, 0.25) is 10.0 Å². The van der Waals surface area contributed by atoms with Crippen LogP contribution in [0, 0.1) is 5.82 Å². The van der Waals surface area contributed by atoms with Crippen molar-refractivity contribution in [2.75, 3.05) is 20.7 Å². The van der Waals surface area contributed by atoms with Gasteiger partial charge in [-0.25, -0.2) is 17.5 Å². The number of benzene rings is 2. The van der Waals surface area contributed by atoms with Crippen molar-refractivity contribution in [2.45, 2.75) is 24.3 Å². The first kappa shape index (κ1) is 22.5. The van der Waals surface area contributed by atoms with Gasteiger partial charge in [0.25, 0.3) is 5.91 Å². The standard InChI is InChI=1S/C20H23FN2O5S/c1-22-29(26,27)18-9-6-15(7-10-18)8-11-20(25)28-14-19(24)23(2)13-16-4-3-5-17(21)12-16/h3-7,9-10,12,22H,8,11,13-14H2,1-2H3. The number of hydrogen-bond donors (Lipinski definition) is 1. The van der Waals surface area contributed by atoms with Crippen LogP contribution in [-0.2, 0) is 37.3 Å². The Kier molecular flexibility index (Phi) is 7.86. The van der Waals surface area contributed by atoms with Gasteiger partial charge in [-0.1, -0.05) is 24.3 Å². The van der Waals surface area contributed by atoms with Gasteiger partial charge in [-0.2, -0.15) is 0 Å². The number of halogens is 1. The molecule has 156 valence electrons. The predicted molar refractivity (Wildman–Crippen MR) is 105 cm³/mol. The maximum atomic E-state index is 13.2. The van der Waals surface area contributed by atoms with Gasteiger partial charge in [-0.05, 0) is 48.9 Å². The molecule has 0 aliphatic rings. The number of nitrogens with one attached hydrogen (secondary N) is 1. The molecule has 0 atom stereocenters. The van der Waals surface area contributed by atoms with Crippen LogP contribution < -0.4 is 4.72 Å². The average molecular weight is 422 g/mol. The second-order valence-electron chi connectivity index (χ2n) is 6.39. The molecule has 2 aromatic rings. The number of aryl methyl sites for hydroxylation is 1. The molecule has 0 aromatic heterocycles. The lowest BCUT2D eigenvalue weighted by atomic mass is 10.1. The zero-order chi connectivity index (χ0) is 21.4. The maximum Gasteiger partial charge on any atom is 0.306 e. The first-order valence-electron chi connectivity index (χ1n) is 8.88. The number of sulfonamides is 1. The molecule has 2 rings (SSSR count). The van der Waals surface area contributed by atoms with E-state index in [-0.39, 0.29) is 23.7 Å². The van der Waals surface area contributed by atoms with Crippen LogP contribution in [0.25, 0.3) is 0 Å². The van der Waals surface area contributed by atoms with Crippen molar-refractivity contribution in [2.24, 2.45) is 0 Å². The number of rotatable bonds is 9. The largest absolute Gasteiger partial charge is 0.456 e. The summed E-state index contributed by atoms with van der Waals surface area (Å²) in [6.45, 7) is -0.194. The molecule has 0 radical (unpaired) electrons. The zero-order valence-corrected chi connectivity index (χ0v) is 17.0. The number of carbonyl (C=O) groups is 2. The molecular formula is C20H23FN2O5S. The number of carbonyl (C=O) groups excluding carboxylic acids is 2. The summed E-state index contributed by atoms with van der Waals surface area (Å²) in [4.78, 5) is 25.4. The number of hydrogen-bond acceptors (Lipinski definition) is 5. The Bertz CT molecular complexity index is 961. The smallest absolute Gasteiger partial charge is 0.306 e. The van der Waals surface area contributed by atoms with Crippen molar-refractivity contribution in [3.8, 4) is 0 Å². The van der Waals surface area contributed by atoms with E-state index in [1.54, 1.807) is 31.3 Å². The van der Waals surface area contributed by atoms with E-state index >= 15 is 0 Å². The lowest BCUT2D eigenvalue weighted by molar-refractivity contribution is -0.151. The fourth-order valence-corrected chi connectivity index (χ4v) is 3.25. The molecule has 1 amide bonds. The third-order valence-electron chi connectivity index (χ3n) is 4.21. The van der Waals surface area contributed by atoms with Crippen LogP contribution in [0.4, 0.5) is 4.39 Å². The molecule has 0 aliphatic heterocycles. The first-order valence-corrected chi connectivity index (χ1v) is 10.4. The summed E-state index contributed by atoms with van der Waals surface area (Å²) in [5.74, 6) is -1.32. The molecule has 29 heavy (non-hydrogen) atoms. The average Bonchev–Trinajstić information content (AvgIpc) is 2.70. The van der Waals surface area contributed by atoms with E-state index in [1.807, 2.05) is 0 Å². The molecule has 7 nitrogen and oxygen atoms in total. The van der Waals surface area contributed by atoms with Gasteiger partial charge in [0.05, 0.1) is 4.90 Å². The van der Waals surface area contributed by atoms with Gasteiger partial charge in [0.15, 0.2) is 6.61 Å². The van der Waals surface area contributed by atoms with Gasteiger partial charge >= 0.3 is 5.97 Å². The van der Waals surface area contributed by atoms with E-state index in [9.17, 15) is 22.4 Å². The van der Waals surface area contributed by atoms with Crippen molar-refractivity contribution >= 4 is 21.9 Å². The van der Waals surface area contributed by atoms with Gasteiger partial charge in [0.1, 0.15) is 5.82 Å². The quantitative estimate of drug-likeness (QED) is 0.623. The second kappa shape index (κ2) is 10.1. The molecule has 0 aliphatic carbocycles. The Labute approximate surface area is 169 Å². The van der Waals surface area contributed by atoms with E-state index in [2.05, 4.69) is 4.72 Å². The Morgan fingerprint density at radius 2 is 1.79 bits per heavy atom. The van der Waals surface area contributed by atoms with Gasteiger partial charge in [-0.15, -0.1) is 0 Å². The van der Waals surface area contributed by atoms with Crippen LogP contribution in [0.2, 0.25) is 0 Å². The maximum absolute atomic E-state index is 13.2. The number of esters is 1. The molecule has 0 heterocycles. The molecule has 0 fully saturated rings. The van der Waals surface area contributed by atoms with Crippen molar-refractivity contribution in [1.29, 1.82) is 0 Å². The molecule has 0 saturated carbocycles. The summed E-state index contributed by atoms with van der Waals surface area (Å²) in [5.41, 5.74) is 1.41. The second-order valence-corrected chi connectivity index (χ2v) is 8.28. The van der Waals surface area contributed by atoms with Gasteiger partial charge in [0, 0.05) is 20.0 Å². The Morgan fingerprint density at radius 3 is 2.41 bits per heavy atom. The Hall–Kier alpha value is -2.78. The van der Waals surface area contributed by atoms with Gasteiger partial charge in [-0.3, -0.25) is 9.59 Å². The highest BCUT2D eigenvalue weighted by molar-refractivity contribution is 7.89. The highest BCUT2D eigenvalue weighted by Gasteiger charge is 2.14. The number of amides is 1. The summed E-state index contributed by atoms with van der Waals surface area (Å²) in [5, 5.41) is 0. The van der Waals surface area contributed by atoms with E-state index < -0.39 is 28.5 Å². The van der Waals surface area contributed by atoms with Crippen molar-refractivity contribution in [3.05, 3.63) is 65.5 Å². The molecule has 0 unspecified atom stereocenters. The van der Waals surface area contributed by atoms with E-state index in [0.717, 1.165) is 5.56 Å². The van der Waals surface area contributed by atoms with Crippen LogP contribution in [-0.4, -0.2) is 45.9 Å². The molecular weight excluding hydrogens is 399 g/mol. The van der Waals surface area contributed by atoms with E-state index in [0.29, 0.717) is 12.0 Å². The van der Waals surface area contributed by atoms with E-state index in [4.69, 9.17) is 4.74 Å². The monoisotopic (exact) mass is 422 g/mol. The van der Waals surface area contributed by atoms with Crippen LogP contribution in [0.3, 0.4) is 0 Å². The number of ether oxygens (including phenoxy) is 1. The summed E-state index contributed by atoms with van der Waals surface area (Å²) >= 11 is 0. The molecule has 0 spiro atoms. The molecule has 0 saturated heterocycles. The zero-order valence-electron chi connectivity index (χ0n) is 16.2. The summed E-state index contributed by atoms with van der Waals surface area (Å²) < 4.78 is 43.8. The minimum atomic E-state index is -3.50. The topological polar surface area (TPSA) is 92.8 Å². The Morgan fingerprint density at radius 1 is 1.10 bits per heavy atom. The van der Waals surface area contributed by atoms with Crippen LogP contribution in [0.5, 0.6) is 0 Å². The third-order valence-corrected chi connectivity index (χ3v) is 5.64. The summed E-state index contributed by atoms with van der Waals surface area (Å²) in [7, 11) is -0.629. The number of nitrogens with zero attached hydrogens (tertiary/aromatic N) is 1. The van der Waals surface area contributed by atoms with Crippen molar-refractivity contribution < 1.29 is 27.1 Å². The molecule has 0 bridgehead atoms. The highest BCUT2D eigenvalue weighted by atomic mass is 32.2. The third kappa shape index (κ3) is 6.95. The Balaban J connectivity index is 1.77. The molecule has 9 heteroatoms. The molecule has 1 N–H and O–H groups in total. The highest BCUT2D eigenvalue weighted by Crippen LogP contribution is 2.12. The lowest BCUT2D eigenvalue weighted by Gasteiger charge is -2.17. The van der Waals surface area contributed by atoms with Crippen molar-refractivity contribution in [1.82, 2.24) is 9.62 Å². The summed E-state index contributed by atoms with van der Waals surface area (Å²) in [6, 6.07) is 12.1. The minimum Gasteiger partial charge on any atom is -0.456 e. The van der Waals surface area contributed by atoms with Crippen LogP contribution in [0.15, 0.2) is 53.4 Å². The minimum absolute atomic E-state index is 0.0546. The summed E-state index contributed by atoms with van der Waals surface area (Å²) in [6.07, 6.45) is 0.408. The normalized spacial score (nSPS) is 11.1. The predicted octanol–water partition coefficient (Wildman–Crippen LogP) is 1.87. The number of likely N-dealkylation sites (N-methyl/N-ethyl adjacent to an activating group) is 1. The SMILES string of the molecule is CNS(=O)(=O)c1ccc(CCC(=O)OCC(=O)N(C)Cc2cccc(F)c2)cc1. The van der Waals surface area contributed by atoms with Gasteiger partial charge < -0.3 is 9.64 Å². The van der Waals surface area contributed by atoms with Crippen molar-refractivity contribution in [3.63, 3.8) is 0 Å². The fraction of sp³-hybridized carbons (Fsp3) is 0.300. The first-order chi connectivity index (χ1) is 13.7. The molecule has 2 aromatic carbocycles. The van der Waals surface area contributed by atoms with Crippen LogP contribution >= 0.6 is 0 Å². The van der Waals surface area contributed by atoms with Crippen LogP contribution in [0.1, 0.15) is 17.5 Å². The van der Waals surface area contributed by atoms with E-state index in [1.165, 1.54) is 36.2 Å².